The minimum absolute atomic E-state index is 0.0641. The summed E-state index contributed by atoms with van der Waals surface area (Å²) in [7, 11) is -0.627. The fraction of sp³-hybridized carbons (Fsp3) is 0.440. The van der Waals surface area contributed by atoms with E-state index in [1.165, 1.54) is 18.5 Å². The molecule has 1 aliphatic rings. The summed E-state index contributed by atoms with van der Waals surface area (Å²) in [4.78, 5) is 27.2. The molecule has 1 aliphatic heterocycles. The number of amides is 1. The average Bonchev–Trinajstić information content (AvgIpc) is 2.81. The molecule has 0 N–H and O–H groups in total. The van der Waals surface area contributed by atoms with Gasteiger partial charge >= 0.3 is 0 Å². The van der Waals surface area contributed by atoms with Crippen molar-refractivity contribution in [3.05, 3.63) is 52.6 Å². The molecule has 1 saturated heterocycles. The van der Waals surface area contributed by atoms with Gasteiger partial charge in [0, 0.05) is 44.6 Å². The van der Waals surface area contributed by atoms with Gasteiger partial charge in [0.2, 0.25) is 15.9 Å². The van der Waals surface area contributed by atoms with E-state index in [0.717, 1.165) is 16.7 Å². The predicted octanol–water partition coefficient (Wildman–Crippen LogP) is 3.13. The van der Waals surface area contributed by atoms with E-state index in [9.17, 15) is 18.0 Å². The SMILES string of the molecule is COc1ccc(C(=O)CCC(=O)N2CCN(S(=O)(=O)c3c(C)cc(C)cc3C)CC2)cc1OC. The Bertz CT molecular complexity index is 1160. The summed E-state index contributed by atoms with van der Waals surface area (Å²) < 4.78 is 38.3. The number of rotatable bonds is 8. The highest BCUT2D eigenvalue weighted by Gasteiger charge is 2.32. The number of piperazine rings is 1. The van der Waals surface area contributed by atoms with Crippen molar-refractivity contribution in [1.29, 1.82) is 0 Å². The molecule has 2 aromatic rings. The number of sulfonamides is 1. The molecule has 0 bridgehead atoms. The number of nitrogens with zero attached hydrogens (tertiary/aromatic N) is 2. The van der Waals surface area contributed by atoms with Crippen molar-refractivity contribution in [2.45, 2.75) is 38.5 Å². The fourth-order valence-corrected chi connectivity index (χ4v) is 6.25. The number of benzene rings is 2. The molecule has 0 aromatic heterocycles. The third-order valence-electron chi connectivity index (χ3n) is 6.07. The molecular weight excluding hydrogens is 456 g/mol. The second-order valence-corrected chi connectivity index (χ2v) is 10.4. The number of ketones is 1. The molecule has 0 radical (unpaired) electrons. The maximum Gasteiger partial charge on any atom is 0.243 e. The molecule has 34 heavy (non-hydrogen) atoms. The third kappa shape index (κ3) is 5.42. The molecule has 1 amide bonds. The lowest BCUT2D eigenvalue weighted by Gasteiger charge is -2.34. The van der Waals surface area contributed by atoms with Crippen molar-refractivity contribution in [3.8, 4) is 11.5 Å². The molecule has 9 heteroatoms. The summed E-state index contributed by atoms with van der Waals surface area (Å²) in [6, 6.07) is 8.65. The summed E-state index contributed by atoms with van der Waals surface area (Å²) in [5.74, 6) is 0.657. The minimum Gasteiger partial charge on any atom is -0.493 e. The van der Waals surface area contributed by atoms with E-state index in [0.29, 0.717) is 35.0 Å². The highest BCUT2D eigenvalue weighted by atomic mass is 32.2. The zero-order valence-electron chi connectivity index (χ0n) is 20.4. The van der Waals surface area contributed by atoms with Crippen molar-refractivity contribution in [1.82, 2.24) is 9.21 Å². The number of hydrogen-bond donors (Lipinski definition) is 0. The molecule has 184 valence electrons. The highest BCUT2D eigenvalue weighted by molar-refractivity contribution is 7.89. The standard InChI is InChI=1S/C25H32N2O6S/c1-17-14-18(2)25(19(3)15-17)34(30,31)27-12-10-26(11-13-27)24(29)9-7-21(28)20-6-8-22(32-4)23(16-20)33-5/h6,8,14-16H,7,9-13H2,1-5H3. The number of methoxy groups -OCH3 is 2. The number of carbonyl (C=O) groups is 2. The van der Waals surface area contributed by atoms with Crippen LogP contribution in [0.5, 0.6) is 11.5 Å². The molecule has 0 unspecified atom stereocenters. The molecule has 0 atom stereocenters. The molecule has 0 saturated carbocycles. The lowest BCUT2D eigenvalue weighted by atomic mass is 10.1. The highest BCUT2D eigenvalue weighted by Crippen LogP contribution is 2.29. The average molecular weight is 489 g/mol. The molecule has 8 nitrogen and oxygen atoms in total. The van der Waals surface area contributed by atoms with Crippen molar-refractivity contribution < 1.29 is 27.5 Å². The maximum atomic E-state index is 13.2. The smallest absolute Gasteiger partial charge is 0.243 e. The Kier molecular flexibility index (Phi) is 7.99. The number of Topliss-reactive ketones (excluding diaryl/α,β-unsaturated/α-hetero) is 1. The van der Waals surface area contributed by atoms with Crippen molar-refractivity contribution >= 4 is 21.7 Å². The Morgan fingerprint density at radius 1 is 0.853 bits per heavy atom. The summed E-state index contributed by atoms with van der Waals surface area (Å²) in [5.41, 5.74) is 2.92. The van der Waals surface area contributed by atoms with Crippen LogP contribution in [0.15, 0.2) is 35.2 Å². The first-order chi connectivity index (χ1) is 16.1. The Labute approximate surface area is 201 Å². The van der Waals surface area contributed by atoms with E-state index in [-0.39, 0.29) is 37.6 Å². The first-order valence-corrected chi connectivity index (χ1v) is 12.6. The van der Waals surface area contributed by atoms with Gasteiger partial charge in [-0.25, -0.2) is 8.42 Å². The van der Waals surface area contributed by atoms with E-state index in [4.69, 9.17) is 9.47 Å². The zero-order chi connectivity index (χ0) is 25.0. The van der Waals surface area contributed by atoms with Gasteiger partial charge < -0.3 is 14.4 Å². The largest absolute Gasteiger partial charge is 0.493 e. The second kappa shape index (κ2) is 10.6. The molecule has 0 aliphatic carbocycles. The lowest BCUT2D eigenvalue weighted by Crippen LogP contribution is -2.50. The van der Waals surface area contributed by atoms with Crippen LogP contribution < -0.4 is 9.47 Å². The Balaban J connectivity index is 1.58. The quantitative estimate of drug-likeness (QED) is 0.530. The normalized spacial score (nSPS) is 14.7. The summed E-state index contributed by atoms with van der Waals surface area (Å²) in [5, 5.41) is 0. The van der Waals surface area contributed by atoms with Crippen LogP contribution in [-0.4, -0.2) is 69.7 Å². The molecular formula is C25H32N2O6S. The Morgan fingerprint density at radius 3 is 2.00 bits per heavy atom. The van der Waals surface area contributed by atoms with E-state index in [1.54, 1.807) is 23.1 Å². The summed E-state index contributed by atoms with van der Waals surface area (Å²) in [6.45, 7) is 6.61. The molecule has 0 spiro atoms. The fourth-order valence-electron chi connectivity index (χ4n) is 4.41. The maximum absolute atomic E-state index is 13.2. The molecule has 3 rings (SSSR count). The first kappa shape index (κ1) is 25.7. The van der Waals surface area contributed by atoms with Crippen molar-refractivity contribution in [2.75, 3.05) is 40.4 Å². The van der Waals surface area contributed by atoms with Crippen LogP contribution >= 0.6 is 0 Å². The van der Waals surface area contributed by atoms with Gasteiger partial charge in [-0.2, -0.15) is 4.31 Å². The lowest BCUT2D eigenvalue weighted by molar-refractivity contribution is -0.132. The van der Waals surface area contributed by atoms with Gasteiger partial charge in [0.05, 0.1) is 19.1 Å². The summed E-state index contributed by atoms with van der Waals surface area (Å²) >= 11 is 0. The number of aryl methyl sites for hydroxylation is 3. The van der Waals surface area contributed by atoms with E-state index >= 15 is 0 Å². The molecule has 1 fully saturated rings. The van der Waals surface area contributed by atoms with Gasteiger partial charge in [0.15, 0.2) is 17.3 Å². The van der Waals surface area contributed by atoms with Crippen LogP contribution in [-0.2, 0) is 14.8 Å². The third-order valence-corrected chi connectivity index (χ3v) is 8.27. The van der Waals surface area contributed by atoms with E-state index in [2.05, 4.69) is 0 Å². The van der Waals surface area contributed by atoms with Gasteiger partial charge in [0.25, 0.3) is 0 Å². The topological polar surface area (TPSA) is 93.2 Å². The Morgan fingerprint density at radius 2 is 1.44 bits per heavy atom. The van der Waals surface area contributed by atoms with Gasteiger partial charge in [0.1, 0.15) is 0 Å². The van der Waals surface area contributed by atoms with Crippen LogP contribution in [0.4, 0.5) is 0 Å². The monoisotopic (exact) mass is 488 g/mol. The van der Waals surface area contributed by atoms with E-state index < -0.39 is 10.0 Å². The second-order valence-electron chi connectivity index (χ2n) is 8.51. The summed E-state index contributed by atoms with van der Waals surface area (Å²) in [6.07, 6.45) is 0.130. The van der Waals surface area contributed by atoms with Crippen LogP contribution in [0.3, 0.4) is 0 Å². The number of carbonyl (C=O) groups excluding carboxylic acids is 2. The van der Waals surface area contributed by atoms with Crippen molar-refractivity contribution in [3.63, 3.8) is 0 Å². The van der Waals surface area contributed by atoms with Crippen molar-refractivity contribution in [2.24, 2.45) is 0 Å². The van der Waals surface area contributed by atoms with Gasteiger partial charge in [-0.1, -0.05) is 17.7 Å². The minimum atomic E-state index is -3.64. The number of ether oxygens (including phenoxy) is 2. The van der Waals surface area contributed by atoms with Gasteiger partial charge in [-0.15, -0.1) is 0 Å². The molecule has 1 heterocycles. The predicted molar refractivity (Wildman–Crippen MR) is 129 cm³/mol. The van der Waals surface area contributed by atoms with Crippen LogP contribution in [0, 0.1) is 20.8 Å². The van der Waals surface area contributed by atoms with Crippen LogP contribution in [0.1, 0.15) is 39.9 Å². The van der Waals surface area contributed by atoms with Crippen LogP contribution in [0.2, 0.25) is 0 Å². The zero-order valence-corrected chi connectivity index (χ0v) is 21.2. The van der Waals surface area contributed by atoms with Gasteiger partial charge in [-0.3, -0.25) is 9.59 Å². The Hall–Kier alpha value is -2.91. The van der Waals surface area contributed by atoms with Gasteiger partial charge in [-0.05, 0) is 50.1 Å². The first-order valence-electron chi connectivity index (χ1n) is 11.2. The molecule has 2 aromatic carbocycles. The number of hydrogen-bond acceptors (Lipinski definition) is 6. The van der Waals surface area contributed by atoms with Crippen LogP contribution in [0.25, 0.3) is 0 Å². The van der Waals surface area contributed by atoms with E-state index in [1.807, 2.05) is 32.9 Å².